The van der Waals surface area contributed by atoms with E-state index in [4.69, 9.17) is 14.2 Å². The standard InChI is InChI=1S/C13H21FO5/c1-5-11(16)19-13-8(3)7(2)12(14)10(18-13)6-17-9(4)15/h7-8,10,12-13H,5-6H2,1-4H3/t7-,8?,10?,12+,13-/m1/s1. The van der Waals surface area contributed by atoms with Gasteiger partial charge in [0.05, 0.1) is 0 Å². The maximum Gasteiger partial charge on any atom is 0.307 e. The summed E-state index contributed by atoms with van der Waals surface area (Å²) in [4.78, 5) is 22.1. The lowest BCUT2D eigenvalue weighted by atomic mass is 9.86. The third kappa shape index (κ3) is 4.16. The van der Waals surface area contributed by atoms with Crippen molar-refractivity contribution in [1.29, 1.82) is 0 Å². The van der Waals surface area contributed by atoms with Gasteiger partial charge in [0.2, 0.25) is 6.29 Å². The van der Waals surface area contributed by atoms with Crippen molar-refractivity contribution >= 4 is 11.9 Å². The van der Waals surface area contributed by atoms with Crippen molar-refractivity contribution in [1.82, 2.24) is 0 Å². The van der Waals surface area contributed by atoms with E-state index in [-0.39, 0.29) is 24.9 Å². The maximum absolute atomic E-state index is 14.1. The number of rotatable bonds is 4. The smallest absolute Gasteiger partial charge is 0.307 e. The van der Waals surface area contributed by atoms with Crippen LogP contribution in [0.4, 0.5) is 4.39 Å². The fourth-order valence-electron chi connectivity index (χ4n) is 1.93. The molecule has 1 saturated heterocycles. The SMILES string of the molecule is CCC(=O)O[C@H]1OC(COC(C)=O)[C@@H](F)[C@H](C)C1C. The van der Waals surface area contributed by atoms with E-state index in [0.29, 0.717) is 0 Å². The van der Waals surface area contributed by atoms with Gasteiger partial charge in [-0.05, 0) is 5.92 Å². The van der Waals surface area contributed by atoms with Crippen molar-refractivity contribution in [3.05, 3.63) is 0 Å². The van der Waals surface area contributed by atoms with Crippen molar-refractivity contribution in [3.8, 4) is 0 Å². The summed E-state index contributed by atoms with van der Waals surface area (Å²) >= 11 is 0. The second-order valence-electron chi connectivity index (χ2n) is 4.85. The molecule has 0 spiro atoms. The number of esters is 2. The molecular weight excluding hydrogens is 255 g/mol. The second kappa shape index (κ2) is 6.84. The molecule has 1 rings (SSSR count). The van der Waals surface area contributed by atoms with Crippen molar-refractivity contribution < 1.29 is 28.2 Å². The second-order valence-corrected chi connectivity index (χ2v) is 4.85. The molecule has 110 valence electrons. The average molecular weight is 276 g/mol. The number of carbonyl (C=O) groups is 2. The van der Waals surface area contributed by atoms with Gasteiger partial charge in [0, 0.05) is 19.3 Å². The minimum Gasteiger partial charge on any atom is -0.463 e. The molecule has 19 heavy (non-hydrogen) atoms. The van der Waals surface area contributed by atoms with Crippen LogP contribution >= 0.6 is 0 Å². The first-order valence-corrected chi connectivity index (χ1v) is 6.49. The minimum absolute atomic E-state index is 0.173. The van der Waals surface area contributed by atoms with Crippen molar-refractivity contribution in [2.75, 3.05) is 6.61 Å². The fraction of sp³-hybridized carbons (Fsp3) is 0.846. The molecule has 1 aliphatic heterocycles. The molecule has 0 aliphatic carbocycles. The van der Waals surface area contributed by atoms with Gasteiger partial charge < -0.3 is 14.2 Å². The van der Waals surface area contributed by atoms with Gasteiger partial charge in [0.25, 0.3) is 0 Å². The Labute approximate surface area is 112 Å². The van der Waals surface area contributed by atoms with Crippen molar-refractivity contribution in [2.24, 2.45) is 11.8 Å². The predicted molar refractivity (Wildman–Crippen MR) is 64.9 cm³/mol. The summed E-state index contributed by atoms with van der Waals surface area (Å²) in [5.41, 5.74) is 0. The molecule has 6 heteroatoms. The Morgan fingerprint density at radius 2 is 1.89 bits per heavy atom. The first kappa shape index (κ1) is 15.9. The van der Waals surface area contributed by atoms with Gasteiger partial charge in [0.1, 0.15) is 18.9 Å². The Morgan fingerprint density at radius 3 is 2.42 bits per heavy atom. The Balaban J connectivity index is 2.67. The molecule has 0 radical (unpaired) electrons. The van der Waals surface area contributed by atoms with Crippen LogP contribution in [0.15, 0.2) is 0 Å². The van der Waals surface area contributed by atoms with E-state index < -0.39 is 30.5 Å². The van der Waals surface area contributed by atoms with Crippen LogP contribution in [0, 0.1) is 11.8 Å². The Hall–Kier alpha value is -1.17. The summed E-state index contributed by atoms with van der Waals surface area (Å²) < 4.78 is 29.4. The number of carbonyl (C=O) groups excluding carboxylic acids is 2. The van der Waals surface area contributed by atoms with Crippen molar-refractivity contribution in [2.45, 2.75) is 52.7 Å². The lowest BCUT2D eigenvalue weighted by molar-refractivity contribution is -0.252. The van der Waals surface area contributed by atoms with E-state index in [0.717, 1.165) is 0 Å². The zero-order chi connectivity index (χ0) is 14.6. The molecule has 0 aromatic rings. The highest BCUT2D eigenvalue weighted by atomic mass is 19.1. The number of hydrogen-bond acceptors (Lipinski definition) is 5. The molecule has 0 N–H and O–H groups in total. The molecule has 1 heterocycles. The highest BCUT2D eigenvalue weighted by Gasteiger charge is 2.43. The lowest BCUT2D eigenvalue weighted by Crippen LogP contribution is -2.50. The Morgan fingerprint density at radius 1 is 1.26 bits per heavy atom. The zero-order valence-electron chi connectivity index (χ0n) is 11.7. The van der Waals surface area contributed by atoms with E-state index in [9.17, 15) is 14.0 Å². The van der Waals surface area contributed by atoms with E-state index in [1.54, 1.807) is 20.8 Å². The van der Waals surface area contributed by atoms with Crippen LogP contribution in [0.1, 0.15) is 34.1 Å². The number of hydrogen-bond donors (Lipinski definition) is 0. The summed E-state index contributed by atoms with van der Waals surface area (Å²) in [6, 6.07) is 0. The van der Waals surface area contributed by atoms with E-state index >= 15 is 0 Å². The monoisotopic (exact) mass is 276 g/mol. The molecule has 0 bridgehead atoms. The average Bonchev–Trinajstić information content (AvgIpc) is 2.37. The number of ether oxygens (including phenoxy) is 3. The zero-order valence-corrected chi connectivity index (χ0v) is 11.7. The van der Waals surface area contributed by atoms with E-state index in [1.165, 1.54) is 6.92 Å². The third-order valence-electron chi connectivity index (χ3n) is 3.41. The predicted octanol–water partition coefficient (Wildman–Crippen LogP) is 1.84. The highest BCUT2D eigenvalue weighted by Crippen LogP contribution is 2.33. The fourth-order valence-corrected chi connectivity index (χ4v) is 1.93. The summed E-state index contributed by atoms with van der Waals surface area (Å²) in [7, 11) is 0. The van der Waals surface area contributed by atoms with Crippen molar-refractivity contribution in [3.63, 3.8) is 0 Å². The number of halogens is 1. The normalized spacial score (nSPS) is 34.7. The summed E-state index contributed by atoms with van der Waals surface area (Å²) in [6.07, 6.45) is -2.72. The molecule has 2 unspecified atom stereocenters. The molecule has 5 nitrogen and oxygen atoms in total. The van der Waals surface area contributed by atoms with Crippen LogP contribution < -0.4 is 0 Å². The highest BCUT2D eigenvalue weighted by molar-refractivity contribution is 5.69. The Kier molecular flexibility index (Phi) is 5.72. The molecule has 0 saturated carbocycles. The van der Waals surface area contributed by atoms with Crippen LogP contribution in [0.3, 0.4) is 0 Å². The van der Waals surface area contributed by atoms with Crippen LogP contribution in [0.5, 0.6) is 0 Å². The third-order valence-corrected chi connectivity index (χ3v) is 3.41. The number of alkyl halides is 1. The first-order valence-electron chi connectivity index (χ1n) is 6.49. The van der Waals surface area contributed by atoms with Gasteiger partial charge in [-0.2, -0.15) is 0 Å². The topological polar surface area (TPSA) is 61.8 Å². The van der Waals surface area contributed by atoms with Gasteiger partial charge in [-0.3, -0.25) is 9.59 Å². The first-order chi connectivity index (χ1) is 8.86. The van der Waals surface area contributed by atoms with E-state index in [1.807, 2.05) is 0 Å². The lowest BCUT2D eigenvalue weighted by Gasteiger charge is -2.40. The summed E-state index contributed by atoms with van der Waals surface area (Å²) in [5, 5.41) is 0. The summed E-state index contributed by atoms with van der Waals surface area (Å²) in [5.74, 6) is -1.49. The largest absolute Gasteiger partial charge is 0.463 e. The molecule has 1 fully saturated rings. The molecule has 5 atom stereocenters. The van der Waals surface area contributed by atoms with Crippen LogP contribution in [-0.4, -0.2) is 37.1 Å². The van der Waals surface area contributed by atoms with Gasteiger partial charge in [0.15, 0.2) is 0 Å². The summed E-state index contributed by atoms with van der Waals surface area (Å²) in [6.45, 7) is 6.25. The molecule has 1 aliphatic rings. The van der Waals surface area contributed by atoms with Gasteiger partial charge in [-0.15, -0.1) is 0 Å². The molecule has 0 aromatic heterocycles. The minimum atomic E-state index is -1.26. The molecular formula is C13H21FO5. The van der Waals surface area contributed by atoms with Crippen LogP contribution in [0.2, 0.25) is 0 Å². The molecule has 0 amide bonds. The van der Waals surface area contributed by atoms with Gasteiger partial charge in [-0.25, -0.2) is 4.39 Å². The maximum atomic E-state index is 14.1. The van der Waals surface area contributed by atoms with Gasteiger partial charge in [-0.1, -0.05) is 20.8 Å². The van der Waals surface area contributed by atoms with E-state index in [2.05, 4.69) is 0 Å². The van der Waals surface area contributed by atoms with Gasteiger partial charge >= 0.3 is 11.9 Å². The quantitative estimate of drug-likeness (QED) is 0.733. The van der Waals surface area contributed by atoms with Crippen LogP contribution in [0.25, 0.3) is 0 Å². The molecule has 0 aromatic carbocycles. The Bertz CT molecular complexity index is 333. The van der Waals surface area contributed by atoms with Crippen LogP contribution in [-0.2, 0) is 23.8 Å².